The largest absolute Gasteiger partial charge is 0.394 e. The zero-order chi connectivity index (χ0) is 36.6. The van der Waals surface area contributed by atoms with Gasteiger partial charge in [0.05, 0.1) is 19.3 Å². The highest BCUT2D eigenvalue weighted by Crippen LogP contribution is 2.61. The van der Waals surface area contributed by atoms with Crippen molar-refractivity contribution in [3.63, 3.8) is 0 Å². The Balaban J connectivity index is 1.23. The molecule has 1 aliphatic heterocycles. The maximum Gasteiger partial charge on any atom is 0.240 e. The molecular formula is C42H63N5O4. The summed E-state index contributed by atoms with van der Waals surface area (Å²) in [5.74, 6) is 1.50. The van der Waals surface area contributed by atoms with E-state index in [0.717, 1.165) is 43.6 Å². The van der Waals surface area contributed by atoms with Gasteiger partial charge in [-0.3, -0.25) is 14.5 Å². The van der Waals surface area contributed by atoms with Crippen LogP contribution in [0.2, 0.25) is 0 Å². The number of hydrogen-bond donors (Lipinski definition) is 4. The Kier molecular flexibility index (Phi) is 11.7. The maximum atomic E-state index is 14.2. The molecule has 9 nitrogen and oxygen atoms in total. The van der Waals surface area contributed by atoms with Gasteiger partial charge in [-0.15, -0.1) is 0 Å². The van der Waals surface area contributed by atoms with Crippen LogP contribution >= 0.6 is 0 Å². The quantitative estimate of drug-likeness (QED) is 0.159. The van der Waals surface area contributed by atoms with Crippen molar-refractivity contribution in [2.24, 2.45) is 35.0 Å². The molecule has 1 aromatic heterocycles. The number of aliphatic hydroxyl groups excluding tert-OH is 2. The van der Waals surface area contributed by atoms with Gasteiger partial charge < -0.3 is 25.4 Å². The number of fused-ring (bicyclic) bond motifs is 3. The summed E-state index contributed by atoms with van der Waals surface area (Å²) in [6.07, 6.45) is 3.85. The van der Waals surface area contributed by atoms with Crippen LogP contribution in [0, 0.1) is 35.0 Å². The molecule has 0 unspecified atom stereocenters. The minimum atomic E-state index is -0.821. The van der Waals surface area contributed by atoms with Crippen molar-refractivity contribution in [1.29, 1.82) is 0 Å². The number of aliphatic hydroxyl groups is 2. The third kappa shape index (κ3) is 8.09. The Morgan fingerprint density at radius 3 is 2.49 bits per heavy atom. The third-order valence-corrected chi connectivity index (χ3v) is 12.7. The summed E-state index contributed by atoms with van der Waals surface area (Å²) in [4.78, 5) is 28.8. The Labute approximate surface area is 305 Å². The van der Waals surface area contributed by atoms with Gasteiger partial charge in [-0.2, -0.15) is 5.06 Å². The van der Waals surface area contributed by atoms with Crippen LogP contribution in [-0.4, -0.2) is 93.5 Å². The standard InChI is InChI=1S/C42H63N5O4/c1-26(2)17-33(24-45(7)8)46(23-31-13-10-14-36-34(31)15-16-43-36)21-29-11-9-12-30(18-29)22-47-40(39(28(4)49)38(25-48)51-47)41(50)44-37-20-32-19-35(27(37)3)42(32,5)6/h9-16,18,26-28,32-33,35,37-40,43,48-49H,17,19-25H2,1-8H3,(H,44,50)/t27-,28-,32+,33-,35-,37-,38-,39+,40-/m0/s1. The molecule has 3 saturated carbocycles. The molecule has 9 atom stereocenters. The van der Waals surface area contributed by atoms with E-state index in [2.05, 4.69) is 117 Å². The summed E-state index contributed by atoms with van der Waals surface area (Å²) >= 11 is 0. The molecule has 9 heteroatoms. The Hall–Kier alpha value is -2.79. The van der Waals surface area contributed by atoms with Crippen molar-refractivity contribution in [3.8, 4) is 0 Å². The average Bonchev–Trinajstić information content (AvgIpc) is 3.70. The molecule has 3 aliphatic carbocycles. The van der Waals surface area contributed by atoms with Gasteiger partial charge in [-0.25, -0.2) is 0 Å². The molecule has 1 saturated heterocycles. The van der Waals surface area contributed by atoms with E-state index in [9.17, 15) is 15.0 Å². The Morgan fingerprint density at radius 2 is 1.82 bits per heavy atom. The fourth-order valence-corrected chi connectivity index (χ4v) is 9.85. The van der Waals surface area contributed by atoms with E-state index in [4.69, 9.17) is 4.84 Å². The Morgan fingerprint density at radius 1 is 1.08 bits per heavy atom. The number of carbonyl (C=O) groups is 1. The number of H-pyrrole nitrogens is 1. The van der Waals surface area contributed by atoms with Gasteiger partial charge >= 0.3 is 0 Å². The van der Waals surface area contributed by atoms with Crippen molar-refractivity contribution in [2.75, 3.05) is 27.2 Å². The lowest BCUT2D eigenvalue weighted by Crippen LogP contribution is -2.62. The number of rotatable bonds is 15. The number of amides is 1. The number of benzene rings is 2. The van der Waals surface area contributed by atoms with E-state index in [1.807, 2.05) is 6.20 Å². The van der Waals surface area contributed by atoms with Crippen LogP contribution in [0.25, 0.3) is 10.9 Å². The third-order valence-electron chi connectivity index (χ3n) is 12.7. The topological polar surface area (TPSA) is 104 Å². The van der Waals surface area contributed by atoms with E-state index < -0.39 is 24.2 Å². The molecule has 280 valence electrons. The normalized spacial score (nSPS) is 28.8. The summed E-state index contributed by atoms with van der Waals surface area (Å²) in [5.41, 5.74) is 5.02. The average molecular weight is 702 g/mol. The first-order chi connectivity index (χ1) is 24.3. The maximum absolute atomic E-state index is 14.2. The van der Waals surface area contributed by atoms with Crippen molar-refractivity contribution >= 4 is 16.8 Å². The SMILES string of the molecule is CC(C)C[C@@H](CN(C)C)N(Cc1cccc(CN2O[C@@H](CO)[C@@H]([C@H](C)O)[C@H]2C(=O)N[C@H]2C[C@H]3C[C@@H]([C@@H]2C)C3(C)C)c1)Cc1cccc2[nH]ccc12. The lowest BCUT2D eigenvalue weighted by molar-refractivity contribution is -0.183. The van der Waals surface area contributed by atoms with Gasteiger partial charge in [-0.05, 0) is 98.2 Å². The van der Waals surface area contributed by atoms with E-state index in [-0.39, 0.29) is 18.6 Å². The van der Waals surface area contributed by atoms with Gasteiger partial charge in [0.1, 0.15) is 12.1 Å². The first-order valence-electron chi connectivity index (χ1n) is 19.3. The predicted molar refractivity (Wildman–Crippen MR) is 203 cm³/mol. The number of nitrogens with one attached hydrogen (secondary N) is 2. The molecule has 1 amide bonds. The van der Waals surface area contributed by atoms with E-state index >= 15 is 0 Å². The van der Waals surface area contributed by atoms with Crippen LogP contribution in [0.15, 0.2) is 54.7 Å². The highest BCUT2D eigenvalue weighted by molar-refractivity contribution is 5.83. The van der Waals surface area contributed by atoms with Crippen LogP contribution in [-0.2, 0) is 29.3 Å². The monoisotopic (exact) mass is 701 g/mol. The lowest BCUT2D eigenvalue weighted by Gasteiger charge is -2.62. The fraction of sp³-hybridized carbons (Fsp3) is 0.643. The van der Waals surface area contributed by atoms with Crippen molar-refractivity contribution in [2.45, 2.75) is 111 Å². The van der Waals surface area contributed by atoms with Gasteiger partial charge in [0, 0.05) is 54.7 Å². The van der Waals surface area contributed by atoms with Gasteiger partial charge in [0.15, 0.2) is 0 Å². The van der Waals surface area contributed by atoms with Crippen LogP contribution < -0.4 is 5.32 Å². The summed E-state index contributed by atoms with van der Waals surface area (Å²) in [5, 5.41) is 27.6. The van der Waals surface area contributed by atoms with Gasteiger partial charge in [0.25, 0.3) is 0 Å². The zero-order valence-corrected chi connectivity index (χ0v) is 32.2. The highest BCUT2D eigenvalue weighted by Gasteiger charge is 2.57. The first kappa shape index (κ1) is 38.0. The predicted octanol–water partition coefficient (Wildman–Crippen LogP) is 5.81. The minimum Gasteiger partial charge on any atom is -0.394 e. The van der Waals surface area contributed by atoms with E-state index in [1.165, 1.54) is 22.9 Å². The molecule has 0 radical (unpaired) electrons. The van der Waals surface area contributed by atoms with Crippen LogP contribution in [0.5, 0.6) is 0 Å². The van der Waals surface area contributed by atoms with Crippen molar-refractivity contribution in [1.82, 2.24) is 25.2 Å². The fourth-order valence-electron chi connectivity index (χ4n) is 9.85. The van der Waals surface area contributed by atoms with E-state index in [0.29, 0.717) is 41.7 Å². The second-order valence-electron chi connectivity index (χ2n) is 17.4. The Bertz CT molecular complexity index is 1610. The molecule has 4 N–H and O–H groups in total. The number of aromatic nitrogens is 1. The molecule has 3 aromatic rings. The molecule has 51 heavy (non-hydrogen) atoms. The summed E-state index contributed by atoms with van der Waals surface area (Å²) in [6.45, 7) is 16.0. The summed E-state index contributed by atoms with van der Waals surface area (Å²) in [6, 6.07) is 17.0. The number of aromatic amines is 1. The molecule has 2 aromatic carbocycles. The number of nitrogens with zero attached hydrogens (tertiary/aromatic N) is 3. The number of hydroxylamine groups is 2. The first-order valence-corrected chi connectivity index (χ1v) is 19.3. The second kappa shape index (κ2) is 15.7. The second-order valence-corrected chi connectivity index (χ2v) is 17.4. The van der Waals surface area contributed by atoms with Crippen LogP contribution in [0.4, 0.5) is 0 Å². The smallest absolute Gasteiger partial charge is 0.240 e. The van der Waals surface area contributed by atoms with Crippen molar-refractivity contribution < 1.29 is 19.8 Å². The molecule has 7 rings (SSSR count). The number of carbonyl (C=O) groups excluding carboxylic acids is 1. The minimum absolute atomic E-state index is 0.103. The van der Waals surface area contributed by atoms with Crippen LogP contribution in [0.3, 0.4) is 0 Å². The van der Waals surface area contributed by atoms with E-state index in [1.54, 1.807) is 12.0 Å². The van der Waals surface area contributed by atoms with Gasteiger partial charge in [0.2, 0.25) is 5.91 Å². The van der Waals surface area contributed by atoms with Gasteiger partial charge in [-0.1, -0.05) is 71.0 Å². The summed E-state index contributed by atoms with van der Waals surface area (Å²) < 4.78 is 0. The molecule has 2 heterocycles. The molecule has 4 aliphatic rings. The zero-order valence-electron chi connectivity index (χ0n) is 32.2. The molecule has 0 spiro atoms. The van der Waals surface area contributed by atoms with Crippen molar-refractivity contribution in [3.05, 3.63) is 71.4 Å². The summed E-state index contributed by atoms with van der Waals surface area (Å²) in [7, 11) is 4.31. The lowest BCUT2D eigenvalue weighted by atomic mass is 9.45. The number of hydrogen-bond acceptors (Lipinski definition) is 7. The van der Waals surface area contributed by atoms with Crippen LogP contribution in [0.1, 0.15) is 77.5 Å². The highest BCUT2D eigenvalue weighted by atomic mass is 16.7. The molecular weight excluding hydrogens is 638 g/mol. The number of likely N-dealkylation sites (N-methyl/N-ethyl adjacent to an activating group) is 1. The molecule has 2 bridgehead atoms. The molecule has 4 fully saturated rings.